The molecule has 0 bridgehead atoms. The van der Waals surface area contributed by atoms with Crippen LogP contribution < -0.4 is 15.4 Å². The van der Waals surface area contributed by atoms with Crippen molar-refractivity contribution in [3.63, 3.8) is 0 Å². The van der Waals surface area contributed by atoms with E-state index in [4.69, 9.17) is 9.47 Å². The minimum atomic E-state index is -0.238. The molecule has 0 aliphatic carbocycles. The van der Waals surface area contributed by atoms with Gasteiger partial charge in [0, 0.05) is 19.7 Å². The van der Waals surface area contributed by atoms with Crippen LogP contribution in [0.25, 0.3) is 0 Å². The quantitative estimate of drug-likeness (QED) is 0.753. The summed E-state index contributed by atoms with van der Waals surface area (Å²) in [6, 6.07) is 7.77. The number of amides is 1. The highest BCUT2D eigenvalue weighted by atomic mass is 16.5. The van der Waals surface area contributed by atoms with Crippen LogP contribution in [0.15, 0.2) is 36.7 Å². The van der Waals surface area contributed by atoms with E-state index >= 15 is 0 Å². The predicted octanol–water partition coefficient (Wildman–Crippen LogP) is 2.05. The van der Waals surface area contributed by atoms with Crippen LogP contribution in [-0.4, -0.2) is 48.8 Å². The van der Waals surface area contributed by atoms with Crippen LogP contribution in [-0.2, 0) is 11.2 Å². The lowest BCUT2D eigenvalue weighted by Crippen LogP contribution is -2.27. The average Bonchev–Trinajstić information content (AvgIpc) is 3.20. The van der Waals surface area contributed by atoms with Gasteiger partial charge in [-0.3, -0.25) is 4.79 Å². The van der Waals surface area contributed by atoms with Crippen molar-refractivity contribution in [2.45, 2.75) is 25.4 Å². The zero-order chi connectivity index (χ0) is 18.2. The molecule has 0 saturated carbocycles. The van der Waals surface area contributed by atoms with Crippen molar-refractivity contribution in [2.75, 3.05) is 32.1 Å². The van der Waals surface area contributed by atoms with Crippen molar-refractivity contribution < 1.29 is 14.3 Å². The van der Waals surface area contributed by atoms with Crippen LogP contribution in [0.3, 0.4) is 0 Å². The van der Waals surface area contributed by atoms with Gasteiger partial charge in [-0.05, 0) is 30.9 Å². The number of nitrogens with one attached hydrogen (secondary N) is 2. The second-order valence-electron chi connectivity index (χ2n) is 6.12. The van der Waals surface area contributed by atoms with E-state index in [1.807, 2.05) is 24.3 Å². The van der Waals surface area contributed by atoms with E-state index < -0.39 is 0 Å². The number of methoxy groups -OCH3 is 1. The molecule has 7 heteroatoms. The van der Waals surface area contributed by atoms with Gasteiger partial charge in [0.2, 0.25) is 0 Å². The molecule has 1 aliphatic rings. The number of rotatable bonds is 8. The summed E-state index contributed by atoms with van der Waals surface area (Å²) in [5.74, 6) is 1.23. The first kappa shape index (κ1) is 18.1. The molecule has 1 aromatic carbocycles. The van der Waals surface area contributed by atoms with E-state index in [0.717, 1.165) is 30.8 Å². The zero-order valence-corrected chi connectivity index (χ0v) is 14.9. The Morgan fingerprint density at radius 3 is 2.92 bits per heavy atom. The molecule has 1 atom stereocenters. The summed E-state index contributed by atoms with van der Waals surface area (Å²) in [4.78, 5) is 20.6. The van der Waals surface area contributed by atoms with Gasteiger partial charge in [0.05, 0.1) is 25.6 Å². The molecule has 3 rings (SSSR count). The average molecular weight is 356 g/mol. The second-order valence-corrected chi connectivity index (χ2v) is 6.12. The summed E-state index contributed by atoms with van der Waals surface area (Å²) < 4.78 is 10.9. The normalized spacial score (nSPS) is 16.3. The highest BCUT2D eigenvalue weighted by molar-refractivity contribution is 5.92. The molecule has 1 fully saturated rings. The molecule has 7 nitrogen and oxygen atoms in total. The number of nitrogens with zero attached hydrogens (tertiary/aromatic N) is 2. The van der Waals surface area contributed by atoms with Crippen molar-refractivity contribution in [1.29, 1.82) is 0 Å². The van der Waals surface area contributed by atoms with Gasteiger partial charge < -0.3 is 20.1 Å². The van der Waals surface area contributed by atoms with Gasteiger partial charge >= 0.3 is 0 Å². The fraction of sp³-hybridized carbons (Fsp3) is 0.421. The topological polar surface area (TPSA) is 85.4 Å². The number of hydrogen-bond donors (Lipinski definition) is 2. The first-order chi connectivity index (χ1) is 12.8. The Bertz CT molecular complexity index is 715. The van der Waals surface area contributed by atoms with Gasteiger partial charge in [-0.25, -0.2) is 9.97 Å². The maximum atomic E-state index is 12.2. The minimum Gasteiger partial charge on any atom is -0.496 e. The van der Waals surface area contributed by atoms with Crippen molar-refractivity contribution in [3.8, 4) is 5.75 Å². The Morgan fingerprint density at radius 2 is 2.19 bits per heavy atom. The molecule has 2 N–H and O–H groups in total. The lowest BCUT2D eigenvalue weighted by molar-refractivity contribution is 0.0948. The smallest absolute Gasteiger partial charge is 0.271 e. The number of carbonyl (C=O) groups is 1. The molecular weight excluding hydrogens is 332 g/mol. The fourth-order valence-corrected chi connectivity index (χ4v) is 2.87. The molecule has 2 heterocycles. The molecule has 1 saturated heterocycles. The molecule has 0 spiro atoms. The number of hydrogen-bond acceptors (Lipinski definition) is 6. The Kier molecular flexibility index (Phi) is 6.38. The highest BCUT2D eigenvalue weighted by Crippen LogP contribution is 2.17. The maximum absolute atomic E-state index is 12.2. The number of benzene rings is 1. The van der Waals surface area contributed by atoms with Crippen molar-refractivity contribution >= 4 is 11.7 Å². The minimum absolute atomic E-state index is 0.231. The van der Waals surface area contributed by atoms with Gasteiger partial charge in [-0.15, -0.1) is 0 Å². The molecule has 26 heavy (non-hydrogen) atoms. The fourth-order valence-electron chi connectivity index (χ4n) is 2.87. The Morgan fingerprint density at radius 1 is 1.31 bits per heavy atom. The monoisotopic (exact) mass is 356 g/mol. The van der Waals surface area contributed by atoms with Gasteiger partial charge in [0.15, 0.2) is 0 Å². The summed E-state index contributed by atoms with van der Waals surface area (Å²) in [7, 11) is 1.64. The van der Waals surface area contributed by atoms with E-state index in [9.17, 15) is 4.79 Å². The van der Waals surface area contributed by atoms with Gasteiger partial charge in [0.1, 0.15) is 17.3 Å². The molecule has 1 unspecified atom stereocenters. The maximum Gasteiger partial charge on any atom is 0.271 e. The Balaban J connectivity index is 1.45. The Hall–Kier alpha value is -2.67. The second kappa shape index (κ2) is 9.15. The largest absolute Gasteiger partial charge is 0.496 e. The SMILES string of the molecule is COc1ccccc1CCNC(=O)c1cnc(NCC2CCCO2)cn1. The molecular formula is C19H24N4O3. The zero-order valence-electron chi connectivity index (χ0n) is 14.9. The van der Waals surface area contributed by atoms with E-state index in [1.54, 1.807) is 13.3 Å². The van der Waals surface area contributed by atoms with Crippen LogP contribution >= 0.6 is 0 Å². The first-order valence-electron chi connectivity index (χ1n) is 8.84. The van der Waals surface area contributed by atoms with Gasteiger partial charge in [-0.1, -0.05) is 18.2 Å². The van der Waals surface area contributed by atoms with Crippen LogP contribution in [0.4, 0.5) is 5.82 Å². The number of para-hydroxylation sites is 1. The van der Waals surface area contributed by atoms with Crippen LogP contribution in [0.5, 0.6) is 5.75 Å². The van der Waals surface area contributed by atoms with Crippen LogP contribution in [0.2, 0.25) is 0 Å². The number of anilines is 1. The predicted molar refractivity (Wildman–Crippen MR) is 98.5 cm³/mol. The summed E-state index contributed by atoms with van der Waals surface area (Å²) in [5.41, 5.74) is 1.35. The third-order valence-corrected chi connectivity index (χ3v) is 4.29. The Labute approximate surface area is 153 Å². The first-order valence-corrected chi connectivity index (χ1v) is 8.84. The van der Waals surface area contributed by atoms with E-state index in [0.29, 0.717) is 31.0 Å². The van der Waals surface area contributed by atoms with Crippen molar-refractivity contribution in [2.24, 2.45) is 0 Å². The number of ether oxygens (including phenoxy) is 2. The molecule has 0 radical (unpaired) electrons. The highest BCUT2D eigenvalue weighted by Gasteiger charge is 2.15. The molecule has 2 aromatic rings. The lowest BCUT2D eigenvalue weighted by Gasteiger charge is -2.11. The van der Waals surface area contributed by atoms with Crippen LogP contribution in [0.1, 0.15) is 28.9 Å². The summed E-state index contributed by atoms with van der Waals surface area (Å²) in [6.45, 7) is 2.03. The van der Waals surface area contributed by atoms with E-state index in [1.165, 1.54) is 6.20 Å². The van der Waals surface area contributed by atoms with Gasteiger partial charge in [0.25, 0.3) is 5.91 Å². The van der Waals surface area contributed by atoms with Crippen LogP contribution in [0, 0.1) is 0 Å². The van der Waals surface area contributed by atoms with Crippen molar-refractivity contribution in [3.05, 3.63) is 47.9 Å². The number of aromatic nitrogens is 2. The molecule has 1 aromatic heterocycles. The molecule has 138 valence electrons. The number of carbonyl (C=O) groups excluding carboxylic acids is 1. The lowest BCUT2D eigenvalue weighted by atomic mass is 10.1. The third kappa shape index (κ3) is 4.92. The summed E-state index contributed by atoms with van der Waals surface area (Å²) in [6.07, 6.45) is 6.14. The molecule has 1 aliphatic heterocycles. The van der Waals surface area contributed by atoms with E-state index in [2.05, 4.69) is 20.6 Å². The summed E-state index contributed by atoms with van der Waals surface area (Å²) in [5, 5.41) is 6.04. The summed E-state index contributed by atoms with van der Waals surface area (Å²) >= 11 is 0. The molecule has 1 amide bonds. The van der Waals surface area contributed by atoms with E-state index in [-0.39, 0.29) is 12.0 Å². The third-order valence-electron chi connectivity index (χ3n) is 4.29. The standard InChI is InChI=1S/C19H24N4O3/c1-25-17-7-3-2-5-14(17)8-9-20-19(24)16-12-23-18(13-21-16)22-11-15-6-4-10-26-15/h2-3,5,7,12-13,15H,4,6,8-11H2,1H3,(H,20,24)(H,22,23). The van der Waals surface area contributed by atoms with Crippen molar-refractivity contribution in [1.82, 2.24) is 15.3 Å². The van der Waals surface area contributed by atoms with Gasteiger partial charge in [-0.2, -0.15) is 0 Å².